The van der Waals surface area contributed by atoms with E-state index in [2.05, 4.69) is 4.98 Å². The van der Waals surface area contributed by atoms with Crippen molar-refractivity contribution in [3.8, 4) is 0 Å². The topological polar surface area (TPSA) is 47.0 Å². The smallest absolute Gasteiger partial charge is 0.326 e. The highest BCUT2D eigenvalue weighted by Gasteiger charge is 2.18. The molecule has 3 rings (SSSR count). The lowest BCUT2D eigenvalue weighted by Crippen LogP contribution is -2.24. The van der Waals surface area contributed by atoms with Gasteiger partial charge >= 0.3 is 5.69 Å². The Balaban J connectivity index is 2.06. The van der Waals surface area contributed by atoms with Crippen molar-refractivity contribution in [2.45, 2.75) is 25.5 Å². The van der Waals surface area contributed by atoms with Crippen LogP contribution in [0.1, 0.15) is 12.8 Å². The molecule has 1 unspecified atom stereocenters. The van der Waals surface area contributed by atoms with Crippen molar-refractivity contribution in [1.29, 1.82) is 0 Å². The van der Waals surface area contributed by atoms with Crippen molar-refractivity contribution in [1.82, 2.24) is 9.55 Å². The largest absolute Gasteiger partial charge is 0.376 e. The lowest BCUT2D eigenvalue weighted by molar-refractivity contribution is 0.0972. The average Bonchev–Trinajstić information content (AvgIpc) is 2.91. The van der Waals surface area contributed by atoms with E-state index in [1.165, 1.54) is 0 Å². The molecule has 1 aromatic heterocycles. The normalized spacial score (nSPS) is 20.2. The molecule has 0 bridgehead atoms. The molecule has 4 nitrogen and oxygen atoms in total. The van der Waals surface area contributed by atoms with Crippen LogP contribution in [0.5, 0.6) is 0 Å². The van der Waals surface area contributed by atoms with Crippen molar-refractivity contribution < 1.29 is 4.74 Å². The first-order chi connectivity index (χ1) is 8.25. The van der Waals surface area contributed by atoms with Crippen molar-refractivity contribution in [3.63, 3.8) is 0 Å². The third-order valence-electron chi connectivity index (χ3n) is 3.17. The van der Waals surface area contributed by atoms with Gasteiger partial charge in [0.2, 0.25) is 0 Å². The molecule has 1 N–H and O–H groups in total. The maximum absolute atomic E-state index is 11.9. The second kappa shape index (κ2) is 4.20. The Morgan fingerprint density at radius 1 is 1.53 bits per heavy atom. The van der Waals surface area contributed by atoms with Crippen LogP contribution in [0.3, 0.4) is 0 Å². The molecule has 1 saturated heterocycles. The Kier molecular flexibility index (Phi) is 2.68. The lowest BCUT2D eigenvalue weighted by atomic mass is 10.2. The lowest BCUT2D eigenvalue weighted by Gasteiger charge is -2.10. The molecule has 0 aliphatic carbocycles. The molecule has 17 heavy (non-hydrogen) atoms. The van der Waals surface area contributed by atoms with E-state index in [9.17, 15) is 4.79 Å². The summed E-state index contributed by atoms with van der Waals surface area (Å²) in [4.78, 5) is 14.7. The molecule has 1 aliphatic rings. The molecular weight excluding hydrogens is 240 g/mol. The minimum absolute atomic E-state index is 0.122. The van der Waals surface area contributed by atoms with E-state index >= 15 is 0 Å². The number of ether oxygens (including phenoxy) is 1. The zero-order chi connectivity index (χ0) is 11.8. The van der Waals surface area contributed by atoms with E-state index in [1.54, 1.807) is 10.6 Å². The number of imidazole rings is 1. The van der Waals surface area contributed by atoms with Gasteiger partial charge in [0.25, 0.3) is 0 Å². The van der Waals surface area contributed by atoms with Crippen molar-refractivity contribution in [2.75, 3.05) is 6.61 Å². The van der Waals surface area contributed by atoms with Crippen molar-refractivity contribution >= 4 is 22.6 Å². The number of H-pyrrole nitrogens is 1. The Labute approximate surface area is 103 Å². The first-order valence-electron chi connectivity index (χ1n) is 5.74. The second-order valence-electron chi connectivity index (χ2n) is 4.31. The number of fused-ring (bicyclic) bond motifs is 1. The summed E-state index contributed by atoms with van der Waals surface area (Å²) in [6, 6.07) is 5.52. The number of benzene rings is 1. The minimum Gasteiger partial charge on any atom is -0.376 e. The van der Waals surface area contributed by atoms with Crippen LogP contribution in [0.2, 0.25) is 5.02 Å². The SMILES string of the molecule is O=c1[nH]c2c(Cl)cccc2n1CC1CCCO1. The zero-order valence-corrected chi connectivity index (χ0v) is 10.0. The number of hydrogen-bond donors (Lipinski definition) is 1. The number of hydrogen-bond acceptors (Lipinski definition) is 2. The summed E-state index contributed by atoms with van der Waals surface area (Å²) in [5, 5.41) is 0.575. The van der Waals surface area contributed by atoms with Gasteiger partial charge in [-0.25, -0.2) is 4.79 Å². The van der Waals surface area contributed by atoms with Crippen LogP contribution in [-0.2, 0) is 11.3 Å². The van der Waals surface area contributed by atoms with Gasteiger partial charge in [0, 0.05) is 6.61 Å². The first-order valence-corrected chi connectivity index (χ1v) is 6.12. The number of nitrogens with zero attached hydrogens (tertiary/aromatic N) is 1. The molecule has 1 atom stereocenters. The van der Waals surface area contributed by atoms with Gasteiger partial charge in [0.05, 0.1) is 28.7 Å². The highest BCUT2D eigenvalue weighted by molar-refractivity contribution is 6.34. The summed E-state index contributed by atoms with van der Waals surface area (Å²) in [7, 11) is 0. The molecule has 1 aliphatic heterocycles. The molecule has 0 saturated carbocycles. The molecular formula is C12H13ClN2O2. The van der Waals surface area contributed by atoms with E-state index in [4.69, 9.17) is 16.3 Å². The van der Waals surface area contributed by atoms with E-state index < -0.39 is 0 Å². The Morgan fingerprint density at radius 3 is 3.18 bits per heavy atom. The molecule has 1 fully saturated rings. The standard InChI is InChI=1S/C12H13ClN2O2/c13-9-4-1-5-10-11(9)14-12(16)15(10)7-8-3-2-6-17-8/h1,4-5,8H,2-3,6-7H2,(H,14,16). The van der Waals surface area contributed by atoms with E-state index in [-0.39, 0.29) is 11.8 Å². The number of aromatic amines is 1. The van der Waals surface area contributed by atoms with Gasteiger partial charge in [-0.2, -0.15) is 0 Å². The average molecular weight is 253 g/mol. The summed E-state index contributed by atoms with van der Waals surface area (Å²) < 4.78 is 7.26. The Morgan fingerprint density at radius 2 is 2.41 bits per heavy atom. The quantitative estimate of drug-likeness (QED) is 0.890. The highest BCUT2D eigenvalue weighted by Crippen LogP contribution is 2.21. The first kappa shape index (κ1) is 10.9. The van der Waals surface area contributed by atoms with Crippen LogP contribution in [0, 0.1) is 0 Å². The van der Waals surface area contributed by atoms with Crippen molar-refractivity contribution in [2.24, 2.45) is 0 Å². The van der Waals surface area contributed by atoms with Gasteiger partial charge < -0.3 is 9.72 Å². The van der Waals surface area contributed by atoms with Crippen LogP contribution in [0.25, 0.3) is 11.0 Å². The maximum Gasteiger partial charge on any atom is 0.326 e. The summed E-state index contributed by atoms with van der Waals surface area (Å²) in [6.07, 6.45) is 2.23. The molecule has 1 aromatic carbocycles. The number of aromatic nitrogens is 2. The van der Waals surface area contributed by atoms with Crippen molar-refractivity contribution in [3.05, 3.63) is 33.7 Å². The van der Waals surface area contributed by atoms with Gasteiger partial charge in [-0.1, -0.05) is 17.7 Å². The van der Waals surface area contributed by atoms with Crippen LogP contribution in [-0.4, -0.2) is 22.3 Å². The number of rotatable bonds is 2. The fraction of sp³-hybridized carbons (Fsp3) is 0.417. The molecule has 0 amide bonds. The number of halogens is 1. The number of nitrogens with one attached hydrogen (secondary N) is 1. The van der Waals surface area contributed by atoms with Gasteiger partial charge in [0.15, 0.2) is 0 Å². The van der Waals surface area contributed by atoms with Crippen LogP contribution in [0.15, 0.2) is 23.0 Å². The van der Waals surface area contributed by atoms with Gasteiger partial charge in [-0.3, -0.25) is 4.57 Å². The van der Waals surface area contributed by atoms with E-state index in [1.807, 2.05) is 12.1 Å². The monoisotopic (exact) mass is 252 g/mol. The van der Waals surface area contributed by atoms with Gasteiger partial charge in [-0.15, -0.1) is 0 Å². The molecule has 2 heterocycles. The minimum atomic E-state index is -0.122. The number of para-hydroxylation sites is 1. The molecule has 5 heteroatoms. The summed E-state index contributed by atoms with van der Waals surface area (Å²) >= 11 is 6.04. The van der Waals surface area contributed by atoms with Crippen LogP contribution in [0.4, 0.5) is 0 Å². The van der Waals surface area contributed by atoms with Crippen LogP contribution >= 0.6 is 11.6 Å². The van der Waals surface area contributed by atoms with E-state index in [0.29, 0.717) is 17.1 Å². The molecule has 90 valence electrons. The summed E-state index contributed by atoms with van der Waals surface area (Å²) in [5.41, 5.74) is 1.43. The third kappa shape index (κ3) is 1.87. The highest BCUT2D eigenvalue weighted by atomic mass is 35.5. The fourth-order valence-electron chi connectivity index (χ4n) is 2.32. The molecule has 0 radical (unpaired) electrons. The van der Waals surface area contributed by atoms with Gasteiger partial charge in [0.1, 0.15) is 0 Å². The van der Waals surface area contributed by atoms with E-state index in [0.717, 1.165) is 25.0 Å². The fourth-order valence-corrected chi connectivity index (χ4v) is 2.54. The second-order valence-corrected chi connectivity index (χ2v) is 4.72. The zero-order valence-electron chi connectivity index (χ0n) is 9.28. The summed E-state index contributed by atoms with van der Waals surface area (Å²) in [6.45, 7) is 1.39. The third-order valence-corrected chi connectivity index (χ3v) is 3.48. The van der Waals surface area contributed by atoms with Crippen LogP contribution < -0.4 is 5.69 Å². The molecule has 0 spiro atoms. The Bertz CT molecular complexity index is 596. The predicted molar refractivity (Wildman–Crippen MR) is 66.5 cm³/mol. The summed E-state index contributed by atoms with van der Waals surface area (Å²) in [5.74, 6) is 0. The molecule has 2 aromatic rings. The maximum atomic E-state index is 11.9. The van der Waals surface area contributed by atoms with Gasteiger partial charge in [-0.05, 0) is 25.0 Å². The Hall–Kier alpha value is -1.26. The predicted octanol–water partition coefficient (Wildman–Crippen LogP) is 2.16.